The van der Waals surface area contributed by atoms with E-state index in [4.69, 9.17) is 5.11 Å². The number of thiol groups is 2. The van der Waals surface area contributed by atoms with Gasteiger partial charge in [0.05, 0.1) is 12.2 Å². The molecule has 2 nitrogen and oxygen atoms in total. The fourth-order valence-electron chi connectivity index (χ4n) is 0.908. The summed E-state index contributed by atoms with van der Waals surface area (Å²) in [6, 6.07) is 0. The molecule has 0 aliphatic carbocycles. The second-order valence-electron chi connectivity index (χ2n) is 3.54. The highest BCUT2D eigenvalue weighted by atomic mass is 32.2. The lowest BCUT2D eigenvalue weighted by atomic mass is 10.2. The van der Waals surface area contributed by atoms with Crippen LogP contribution >= 0.6 is 60.5 Å². The largest absolute Gasteiger partial charge is 0.396 e. The Bertz CT molecular complexity index is 167. The van der Waals surface area contributed by atoms with Gasteiger partial charge in [-0.1, -0.05) is 0 Å². The van der Waals surface area contributed by atoms with Gasteiger partial charge in [-0.25, -0.2) is 0 Å². The summed E-state index contributed by atoms with van der Waals surface area (Å²) in [6.45, 7) is 0.275. The Hall–Kier alpha value is 1.67. The minimum Gasteiger partial charge on any atom is -0.396 e. The molecule has 0 saturated carbocycles. The van der Waals surface area contributed by atoms with Crippen LogP contribution in [0.1, 0.15) is 0 Å². The zero-order chi connectivity index (χ0) is 13.0. The van der Waals surface area contributed by atoms with Crippen molar-refractivity contribution in [3.05, 3.63) is 0 Å². The average Bonchev–Trinajstić information content (AvgIpc) is 2.36. The highest BCUT2D eigenvalue weighted by molar-refractivity contribution is 8.04. The van der Waals surface area contributed by atoms with Gasteiger partial charge in [-0.3, -0.25) is 0 Å². The molecule has 0 aliphatic heterocycles. The van der Waals surface area contributed by atoms with Gasteiger partial charge in [0.25, 0.3) is 0 Å². The lowest BCUT2D eigenvalue weighted by Crippen LogP contribution is -2.36. The normalized spacial score (nSPS) is 12.0. The summed E-state index contributed by atoms with van der Waals surface area (Å²) in [6.07, 6.45) is 0. The Morgan fingerprint density at radius 3 is 1.76 bits per heavy atom. The van der Waals surface area contributed by atoms with Crippen molar-refractivity contribution >= 4 is 60.5 Å². The quantitative estimate of drug-likeness (QED) is 0.323. The van der Waals surface area contributed by atoms with Crippen LogP contribution in [-0.4, -0.2) is 68.4 Å². The molecule has 0 aliphatic rings. The maximum atomic E-state index is 9.92. The molecule has 0 atom stereocenters. The molecule has 0 aromatic rings. The van der Waals surface area contributed by atoms with E-state index in [-0.39, 0.29) is 6.61 Å². The highest BCUT2D eigenvalue weighted by Gasteiger charge is 2.22. The van der Waals surface area contributed by atoms with Crippen LogP contribution in [0.5, 0.6) is 0 Å². The number of hydrogen-bond acceptors (Lipinski definition) is 7. The molecule has 2 N–H and O–H groups in total. The van der Waals surface area contributed by atoms with Crippen molar-refractivity contribution in [3.8, 4) is 0 Å². The second kappa shape index (κ2) is 12.7. The van der Waals surface area contributed by atoms with Crippen LogP contribution in [-0.2, 0) is 0 Å². The number of thioether (sulfide) groups is 3. The smallest absolute Gasteiger partial charge is 0.0912 e. The maximum absolute atomic E-state index is 9.92. The van der Waals surface area contributed by atoms with Gasteiger partial charge in [-0.15, -0.1) is 0 Å². The first kappa shape index (κ1) is 18.7. The molecule has 0 aromatic heterocycles. The van der Waals surface area contributed by atoms with Crippen LogP contribution in [0.4, 0.5) is 0 Å². The van der Waals surface area contributed by atoms with Gasteiger partial charge < -0.3 is 10.2 Å². The van der Waals surface area contributed by atoms with Crippen LogP contribution in [0.25, 0.3) is 0 Å². The fraction of sp³-hybridized carbons (Fsp3) is 1.00. The molecular weight excluding hydrogens is 312 g/mol. The Morgan fingerprint density at radius 1 is 0.824 bits per heavy atom. The maximum Gasteiger partial charge on any atom is 0.0912 e. The van der Waals surface area contributed by atoms with Crippen molar-refractivity contribution in [3.63, 3.8) is 0 Å². The number of aliphatic hydroxyl groups is 2. The zero-order valence-electron chi connectivity index (χ0n) is 9.88. The van der Waals surface area contributed by atoms with E-state index in [1.807, 2.05) is 11.8 Å². The minimum atomic E-state index is -0.724. The first-order chi connectivity index (χ1) is 8.18. The van der Waals surface area contributed by atoms with Crippen molar-refractivity contribution in [1.29, 1.82) is 0 Å². The molecule has 0 aromatic carbocycles. The second-order valence-corrected chi connectivity index (χ2v) is 7.73. The molecule has 104 valence electrons. The average molecular weight is 335 g/mol. The molecule has 0 amide bonds. The van der Waals surface area contributed by atoms with Crippen LogP contribution in [0, 0.1) is 0 Å². The fourth-order valence-corrected chi connectivity index (χ4v) is 4.99. The molecule has 0 saturated heterocycles. The Labute approximate surface area is 128 Å². The molecule has 0 bridgehead atoms. The molecule has 0 spiro atoms. The summed E-state index contributed by atoms with van der Waals surface area (Å²) >= 11 is 13.7. The molecule has 0 heterocycles. The van der Waals surface area contributed by atoms with E-state index < -0.39 is 5.60 Å². The van der Waals surface area contributed by atoms with Crippen molar-refractivity contribution in [2.75, 3.05) is 52.6 Å². The third kappa shape index (κ3) is 11.2. The lowest BCUT2D eigenvalue weighted by molar-refractivity contribution is 0.118. The molecule has 0 unspecified atom stereocenters. The van der Waals surface area contributed by atoms with Gasteiger partial charge in [0, 0.05) is 46.0 Å². The predicted molar refractivity (Wildman–Crippen MR) is 91.7 cm³/mol. The Kier molecular flexibility index (Phi) is 13.9. The third-order valence-corrected chi connectivity index (χ3v) is 6.82. The van der Waals surface area contributed by atoms with Crippen LogP contribution in [0.3, 0.4) is 0 Å². The molecule has 0 rings (SSSR count). The summed E-state index contributed by atoms with van der Waals surface area (Å²) in [5.74, 6) is 6.88. The highest BCUT2D eigenvalue weighted by Crippen LogP contribution is 2.18. The van der Waals surface area contributed by atoms with E-state index in [0.29, 0.717) is 17.3 Å². The standard InChI is InChI=1S/C10H22O2S5/c11-1-2-15-3-4-16-5-6-17-9-10(12,7-13)8-14/h11-14H,1-9H2. The minimum absolute atomic E-state index is 0.275. The molecule has 0 fully saturated rings. The number of aliphatic hydroxyl groups excluding tert-OH is 1. The van der Waals surface area contributed by atoms with Gasteiger partial charge in [-0.05, 0) is 0 Å². The zero-order valence-corrected chi connectivity index (χ0v) is 14.1. The predicted octanol–water partition coefficient (Wildman–Crippen LogP) is 1.77. The van der Waals surface area contributed by atoms with E-state index in [1.54, 1.807) is 23.5 Å². The molecule has 0 radical (unpaired) electrons. The van der Waals surface area contributed by atoms with Crippen molar-refractivity contribution in [2.45, 2.75) is 5.60 Å². The van der Waals surface area contributed by atoms with E-state index >= 15 is 0 Å². The van der Waals surface area contributed by atoms with Crippen LogP contribution < -0.4 is 0 Å². The summed E-state index contributed by atoms with van der Waals surface area (Å²) < 4.78 is 0. The third-order valence-electron chi connectivity index (χ3n) is 1.94. The molecule has 17 heavy (non-hydrogen) atoms. The van der Waals surface area contributed by atoms with Crippen LogP contribution in [0.2, 0.25) is 0 Å². The number of hydrogen-bond donors (Lipinski definition) is 4. The summed E-state index contributed by atoms with van der Waals surface area (Å²) in [5, 5.41) is 18.5. The summed E-state index contributed by atoms with van der Waals surface area (Å²) in [7, 11) is 0. The van der Waals surface area contributed by atoms with Gasteiger partial charge in [0.15, 0.2) is 0 Å². The molecule has 7 heteroatoms. The first-order valence-electron chi connectivity index (χ1n) is 5.47. The van der Waals surface area contributed by atoms with Crippen molar-refractivity contribution in [2.24, 2.45) is 0 Å². The van der Waals surface area contributed by atoms with Gasteiger partial charge in [0.2, 0.25) is 0 Å². The van der Waals surface area contributed by atoms with Crippen LogP contribution in [0.15, 0.2) is 0 Å². The number of rotatable bonds is 12. The van der Waals surface area contributed by atoms with Crippen molar-refractivity contribution in [1.82, 2.24) is 0 Å². The monoisotopic (exact) mass is 334 g/mol. The van der Waals surface area contributed by atoms with Gasteiger partial charge >= 0.3 is 0 Å². The summed E-state index contributed by atoms with van der Waals surface area (Å²) in [5.41, 5.74) is -0.724. The SMILES string of the molecule is OCCSCCSCCSCC(O)(CS)CS. The van der Waals surface area contributed by atoms with Crippen molar-refractivity contribution < 1.29 is 10.2 Å². The van der Waals surface area contributed by atoms with Gasteiger partial charge in [0.1, 0.15) is 0 Å². The van der Waals surface area contributed by atoms with E-state index in [2.05, 4.69) is 25.3 Å². The Morgan fingerprint density at radius 2 is 1.29 bits per heavy atom. The van der Waals surface area contributed by atoms with E-state index in [1.165, 1.54) is 0 Å². The van der Waals surface area contributed by atoms with E-state index in [0.717, 1.165) is 28.8 Å². The summed E-state index contributed by atoms with van der Waals surface area (Å²) in [4.78, 5) is 0. The van der Waals surface area contributed by atoms with Gasteiger partial charge in [-0.2, -0.15) is 60.5 Å². The van der Waals surface area contributed by atoms with E-state index in [9.17, 15) is 5.11 Å². The Balaban J connectivity index is 3.23. The topological polar surface area (TPSA) is 40.5 Å². The first-order valence-corrected chi connectivity index (χ1v) is 10.2. The lowest BCUT2D eigenvalue weighted by Gasteiger charge is -2.23. The molecular formula is C10H22O2S5.